The van der Waals surface area contributed by atoms with Gasteiger partial charge in [-0.25, -0.2) is 18.4 Å². The van der Waals surface area contributed by atoms with Gasteiger partial charge in [0.2, 0.25) is 0 Å². The SMILES string of the molecule is Cc1nc(Nc2ccc(NS(=O)(=O)c3cc(C)c(Cl)cc3Cl)cc2)cc(N(C)C)n1. The minimum Gasteiger partial charge on any atom is -0.363 e. The topological polar surface area (TPSA) is 87.2 Å². The first-order valence-corrected chi connectivity index (χ1v) is 11.2. The van der Waals surface area contributed by atoms with Gasteiger partial charge in [0.1, 0.15) is 22.4 Å². The van der Waals surface area contributed by atoms with Crippen LogP contribution in [0.3, 0.4) is 0 Å². The Morgan fingerprint density at radius 2 is 1.53 bits per heavy atom. The Kier molecular flexibility index (Phi) is 6.40. The number of sulfonamides is 1. The van der Waals surface area contributed by atoms with Crippen LogP contribution in [-0.4, -0.2) is 32.5 Å². The van der Waals surface area contributed by atoms with E-state index in [1.165, 1.54) is 12.1 Å². The second-order valence-corrected chi connectivity index (χ2v) is 9.36. The molecule has 0 spiro atoms. The molecule has 0 amide bonds. The van der Waals surface area contributed by atoms with Gasteiger partial charge in [0.25, 0.3) is 10.0 Å². The lowest BCUT2D eigenvalue weighted by atomic mass is 10.2. The third-order valence-corrected chi connectivity index (χ3v) is 6.45. The molecule has 10 heteroatoms. The van der Waals surface area contributed by atoms with E-state index in [9.17, 15) is 8.42 Å². The highest BCUT2D eigenvalue weighted by molar-refractivity contribution is 7.92. The second kappa shape index (κ2) is 8.67. The maximum Gasteiger partial charge on any atom is 0.263 e. The smallest absolute Gasteiger partial charge is 0.263 e. The summed E-state index contributed by atoms with van der Waals surface area (Å²) in [5.74, 6) is 2.07. The summed E-state index contributed by atoms with van der Waals surface area (Å²) in [4.78, 5) is 10.6. The Balaban J connectivity index is 1.79. The van der Waals surface area contributed by atoms with Crippen LogP contribution in [0.4, 0.5) is 23.0 Å². The number of nitrogens with zero attached hydrogens (tertiary/aromatic N) is 3. The van der Waals surface area contributed by atoms with Crippen molar-refractivity contribution in [2.75, 3.05) is 29.0 Å². The highest BCUT2D eigenvalue weighted by atomic mass is 35.5. The van der Waals surface area contributed by atoms with Gasteiger partial charge in [-0.3, -0.25) is 4.72 Å². The fourth-order valence-corrected chi connectivity index (χ4v) is 4.55. The van der Waals surface area contributed by atoms with Crippen molar-refractivity contribution in [2.24, 2.45) is 0 Å². The summed E-state index contributed by atoms with van der Waals surface area (Å²) in [5.41, 5.74) is 1.77. The van der Waals surface area contributed by atoms with Gasteiger partial charge >= 0.3 is 0 Å². The van der Waals surface area contributed by atoms with Crippen molar-refractivity contribution in [1.82, 2.24) is 9.97 Å². The average molecular weight is 466 g/mol. The lowest BCUT2D eigenvalue weighted by molar-refractivity contribution is 0.601. The van der Waals surface area contributed by atoms with E-state index >= 15 is 0 Å². The highest BCUT2D eigenvalue weighted by Crippen LogP contribution is 2.30. The molecule has 0 fully saturated rings. The quantitative estimate of drug-likeness (QED) is 0.531. The van der Waals surface area contributed by atoms with E-state index in [1.54, 1.807) is 31.2 Å². The number of halogens is 2. The van der Waals surface area contributed by atoms with Gasteiger partial charge < -0.3 is 10.2 Å². The van der Waals surface area contributed by atoms with E-state index in [-0.39, 0.29) is 9.92 Å². The van der Waals surface area contributed by atoms with Gasteiger partial charge in [-0.15, -0.1) is 0 Å². The molecule has 0 aliphatic carbocycles. The number of benzene rings is 2. The largest absolute Gasteiger partial charge is 0.363 e. The van der Waals surface area contributed by atoms with Gasteiger partial charge in [-0.05, 0) is 55.8 Å². The lowest BCUT2D eigenvalue weighted by Gasteiger charge is -2.14. The van der Waals surface area contributed by atoms with Crippen LogP contribution in [0, 0.1) is 13.8 Å². The molecule has 0 unspecified atom stereocenters. The van der Waals surface area contributed by atoms with Crippen LogP contribution in [0.1, 0.15) is 11.4 Å². The van der Waals surface area contributed by atoms with Crippen molar-refractivity contribution < 1.29 is 8.42 Å². The van der Waals surface area contributed by atoms with Crippen LogP contribution in [0.5, 0.6) is 0 Å². The highest BCUT2D eigenvalue weighted by Gasteiger charge is 2.19. The Morgan fingerprint density at radius 3 is 2.17 bits per heavy atom. The Labute approximate surface area is 186 Å². The van der Waals surface area contributed by atoms with Crippen LogP contribution in [-0.2, 0) is 10.0 Å². The minimum absolute atomic E-state index is 0.0269. The van der Waals surface area contributed by atoms with Crippen LogP contribution < -0.4 is 14.9 Å². The number of nitrogens with one attached hydrogen (secondary N) is 2. The molecule has 1 aromatic heterocycles. The maximum atomic E-state index is 12.7. The molecule has 1 heterocycles. The molecule has 158 valence electrons. The molecule has 0 bridgehead atoms. The fraction of sp³-hybridized carbons (Fsp3) is 0.200. The van der Waals surface area contributed by atoms with Crippen molar-refractivity contribution in [1.29, 1.82) is 0 Å². The predicted molar refractivity (Wildman–Crippen MR) is 123 cm³/mol. The Hall–Kier alpha value is -2.55. The van der Waals surface area contributed by atoms with E-state index in [0.717, 1.165) is 11.5 Å². The third-order valence-electron chi connectivity index (χ3n) is 4.19. The molecule has 0 atom stereocenters. The molecule has 3 aromatic rings. The molecule has 2 aromatic carbocycles. The molecule has 0 aliphatic rings. The summed E-state index contributed by atoms with van der Waals surface area (Å²) < 4.78 is 28.0. The predicted octanol–water partition coefficient (Wildman–Crippen LogP) is 5.01. The summed E-state index contributed by atoms with van der Waals surface area (Å²) in [6.45, 7) is 3.54. The molecule has 0 aliphatic heterocycles. The number of rotatable bonds is 6. The zero-order chi connectivity index (χ0) is 22.1. The van der Waals surface area contributed by atoms with E-state index in [2.05, 4.69) is 20.0 Å². The number of hydrogen-bond donors (Lipinski definition) is 2. The standard InChI is InChI=1S/C20H21Cl2N5O2S/c1-12-9-18(17(22)10-16(12)21)30(28,29)26-15-7-5-14(6-8-15)25-19-11-20(27(3)4)24-13(2)23-19/h5-11,26H,1-4H3,(H,23,24,25). The zero-order valence-electron chi connectivity index (χ0n) is 16.9. The number of hydrogen-bond acceptors (Lipinski definition) is 6. The first-order chi connectivity index (χ1) is 14.0. The van der Waals surface area contributed by atoms with Crippen molar-refractivity contribution in [2.45, 2.75) is 18.7 Å². The van der Waals surface area contributed by atoms with Crippen LogP contribution in [0.25, 0.3) is 0 Å². The summed E-state index contributed by atoms with van der Waals surface area (Å²) >= 11 is 12.1. The summed E-state index contributed by atoms with van der Waals surface area (Å²) in [6.07, 6.45) is 0. The normalized spacial score (nSPS) is 11.3. The first kappa shape index (κ1) is 22.1. The summed E-state index contributed by atoms with van der Waals surface area (Å²) in [7, 11) is -0.0556. The first-order valence-electron chi connectivity index (χ1n) is 8.94. The van der Waals surface area contributed by atoms with Crippen LogP contribution >= 0.6 is 23.2 Å². The van der Waals surface area contributed by atoms with E-state index < -0.39 is 10.0 Å². The van der Waals surface area contributed by atoms with Gasteiger partial charge in [-0.2, -0.15) is 0 Å². The van der Waals surface area contributed by atoms with Crippen molar-refractivity contribution >= 4 is 56.2 Å². The maximum absolute atomic E-state index is 12.7. The van der Waals surface area contributed by atoms with Crippen molar-refractivity contribution in [3.8, 4) is 0 Å². The fourth-order valence-electron chi connectivity index (χ4n) is 2.66. The van der Waals surface area contributed by atoms with Gasteiger partial charge in [0.15, 0.2) is 0 Å². The van der Waals surface area contributed by atoms with Crippen LogP contribution in [0.15, 0.2) is 47.4 Å². The molecule has 2 N–H and O–H groups in total. The van der Waals surface area contributed by atoms with Crippen molar-refractivity contribution in [3.05, 3.63) is 63.9 Å². The number of aromatic nitrogens is 2. The lowest BCUT2D eigenvalue weighted by Crippen LogP contribution is -2.14. The molecule has 3 rings (SSSR count). The van der Waals surface area contributed by atoms with E-state index in [1.807, 2.05) is 32.0 Å². The van der Waals surface area contributed by atoms with Gasteiger partial charge in [0, 0.05) is 36.6 Å². The molecule has 7 nitrogen and oxygen atoms in total. The number of anilines is 4. The Morgan fingerprint density at radius 1 is 0.900 bits per heavy atom. The summed E-state index contributed by atoms with van der Waals surface area (Å²) in [6, 6.07) is 11.5. The second-order valence-electron chi connectivity index (χ2n) is 6.89. The molecule has 30 heavy (non-hydrogen) atoms. The molecular weight excluding hydrogens is 445 g/mol. The molecule has 0 saturated carbocycles. The monoisotopic (exact) mass is 465 g/mol. The minimum atomic E-state index is -3.86. The molecular formula is C20H21Cl2N5O2S. The van der Waals surface area contributed by atoms with E-state index in [4.69, 9.17) is 23.2 Å². The van der Waals surface area contributed by atoms with Gasteiger partial charge in [-0.1, -0.05) is 23.2 Å². The van der Waals surface area contributed by atoms with Crippen LogP contribution in [0.2, 0.25) is 10.0 Å². The average Bonchev–Trinajstić information content (AvgIpc) is 2.65. The molecule has 0 radical (unpaired) electrons. The van der Waals surface area contributed by atoms with Gasteiger partial charge in [0.05, 0.1) is 5.02 Å². The zero-order valence-corrected chi connectivity index (χ0v) is 19.2. The Bertz CT molecular complexity index is 1180. The van der Waals surface area contributed by atoms with E-state index in [0.29, 0.717) is 27.9 Å². The number of aryl methyl sites for hydroxylation is 2. The third kappa shape index (κ3) is 5.13. The molecule has 0 saturated heterocycles. The summed E-state index contributed by atoms with van der Waals surface area (Å²) in [5, 5.41) is 3.67. The van der Waals surface area contributed by atoms with Crippen molar-refractivity contribution in [3.63, 3.8) is 0 Å².